The lowest BCUT2D eigenvalue weighted by Crippen LogP contribution is -1.81. The first kappa shape index (κ1) is 5.60. The van der Waals surface area contributed by atoms with Gasteiger partial charge in [-0.3, -0.25) is 0 Å². The van der Waals surface area contributed by atoms with Crippen molar-refractivity contribution in [3.05, 3.63) is 0 Å². The highest BCUT2D eigenvalue weighted by Crippen LogP contribution is 2.26. The van der Waals surface area contributed by atoms with Crippen LogP contribution in [0.1, 0.15) is 19.8 Å². The minimum Gasteiger partial charge on any atom is -0.396 e. The summed E-state index contributed by atoms with van der Waals surface area (Å²) in [5.74, 6) is 0.738. The van der Waals surface area contributed by atoms with Crippen molar-refractivity contribution >= 4 is 6.21 Å². The van der Waals surface area contributed by atoms with Crippen LogP contribution >= 0.6 is 0 Å². The molecular weight excluding hydrogens is 102 g/mol. The van der Waals surface area contributed by atoms with E-state index in [0.717, 1.165) is 5.92 Å². The van der Waals surface area contributed by atoms with Crippen LogP contribution in [0.2, 0.25) is 0 Å². The predicted molar refractivity (Wildman–Crippen MR) is 32.8 cm³/mol. The SMILES string of the molecule is CCO/N=C/C1CC1. The summed E-state index contributed by atoms with van der Waals surface area (Å²) in [5, 5.41) is 3.73. The van der Waals surface area contributed by atoms with Crippen molar-refractivity contribution < 1.29 is 4.84 Å². The minimum atomic E-state index is 0.684. The van der Waals surface area contributed by atoms with Crippen LogP contribution in [-0.4, -0.2) is 12.8 Å². The standard InChI is InChI=1S/C6H11NO/c1-2-8-7-5-6-3-4-6/h5-6H,2-4H2,1H3/b7-5+. The summed E-state index contributed by atoms with van der Waals surface area (Å²) in [6, 6.07) is 0. The molecule has 1 aliphatic rings. The van der Waals surface area contributed by atoms with Gasteiger partial charge in [0.05, 0.1) is 0 Å². The molecule has 0 unspecified atom stereocenters. The second-order valence-electron chi connectivity index (χ2n) is 2.01. The van der Waals surface area contributed by atoms with E-state index in [4.69, 9.17) is 4.84 Å². The zero-order valence-electron chi connectivity index (χ0n) is 5.13. The van der Waals surface area contributed by atoms with Crippen molar-refractivity contribution in [2.24, 2.45) is 11.1 Å². The Kier molecular flexibility index (Phi) is 1.89. The molecule has 0 aromatic carbocycles. The molecule has 1 rings (SSSR count). The van der Waals surface area contributed by atoms with E-state index in [9.17, 15) is 0 Å². The van der Waals surface area contributed by atoms with Gasteiger partial charge in [-0.05, 0) is 25.7 Å². The Labute approximate surface area is 49.5 Å². The first-order valence-corrected chi connectivity index (χ1v) is 3.09. The van der Waals surface area contributed by atoms with Gasteiger partial charge < -0.3 is 4.84 Å². The van der Waals surface area contributed by atoms with Gasteiger partial charge in [-0.15, -0.1) is 0 Å². The van der Waals surface area contributed by atoms with Crippen LogP contribution < -0.4 is 0 Å². The van der Waals surface area contributed by atoms with E-state index in [1.54, 1.807) is 0 Å². The lowest BCUT2D eigenvalue weighted by molar-refractivity contribution is 0.159. The normalized spacial score (nSPS) is 19.6. The maximum absolute atomic E-state index is 4.75. The molecule has 0 spiro atoms. The Balaban J connectivity index is 1.96. The number of nitrogens with zero attached hydrogens (tertiary/aromatic N) is 1. The van der Waals surface area contributed by atoms with E-state index in [2.05, 4.69) is 5.16 Å². The quantitative estimate of drug-likeness (QED) is 0.400. The van der Waals surface area contributed by atoms with Gasteiger partial charge in [0.15, 0.2) is 0 Å². The van der Waals surface area contributed by atoms with Gasteiger partial charge in [-0.25, -0.2) is 0 Å². The van der Waals surface area contributed by atoms with Crippen LogP contribution in [0.3, 0.4) is 0 Å². The molecule has 0 atom stereocenters. The van der Waals surface area contributed by atoms with Crippen molar-refractivity contribution in [3.63, 3.8) is 0 Å². The van der Waals surface area contributed by atoms with E-state index in [1.807, 2.05) is 13.1 Å². The molecule has 0 heterocycles. The predicted octanol–water partition coefficient (Wildman–Crippen LogP) is 1.42. The second-order valence-corrected chi connectivity index (χ2v) is 2.01. The molecule has 8 heavy (non-hydrogen) atoms. The second kappa shape index (κ2) is 2.70. The van der Waals surface area contributed by atoms with Crippen LogP contribution in [0.5, 0.6) is 0 Å². The Morgan fingerprint density at radius 3 is 3.00 bits per heavy atom. The van der Waals surface area contributed by atoms with Crippen LogP contribution in [-0.2, 0) is 4.84 Å². The molecule has 0 amide bonds. The summed E-state index contributed by atoms with van der Waals surface area (Å²) in [5.41, 5.74) is 0. The molecule has 0 saturated heterocycles. The maximum Gasteiger partial charge on any atom is 0.114 e. The number of rotatable bonds is 3. The molecule has 0 aromatic rings. The molecule has 1 aliphatic carbocycles. The maximum atomic E-state index is 4.75. The molecule has 0 aliphatic heterocycles. The van der Waals surface area contributed by atoms with Crippen LogP contribution in [0.4, 0.5) is 0 Å². The van der Waals surface area contributed by atoms with Crippen LogP contribution in [0, 0.1) is 5.92 Å². The molecule has 1 saturated carbocycles. The molecule has 0 N–H and O–H groups in total. The van der Waals surface area contributed by atoms with Crippen molar-refractivity contribution in [2.75, 3.05) is 6.61 Å². The van der Waals surface area contributed by atoms with Gasteiger partial charge in [0.1, 0.15) is 6.61 Å². The van der Waals surface area contributed by atoms with E-state index < -0.39 is 0 Å². The molecule has 2 heteroatoms. The van der Waals surface area contributed by atoms with Gasteiger partial charge >= 0.3 is 0 Å². The highest BCUT2D eigenvalue weighted by atomic mass is 16.6. The van der Waals surface area contributed by atoms with Gasteiger partial charge in [0, 0.05) is 6.21 Å². The average Bonchev–Trinajstić information content (AvgIpc) is 2.51. The third-order valence-corrected chi connectivity index (χ3v) is 1.10. The molecular formula is C6H11NO. The van der Waals surface area contributed by atoms with Crippen LogP contribution in [0.25, 0.3) is 0 Å². The van der Waals surface area contributed by atoms with Gasteiger partial charge in [-0.2, -0.15) is 0 Å². The Bertz CT molecular complexity index is 86.5. The number of hydrogen-bond acceptors (Lipinski definition) is 2. The Morgan fingerprint density at radius 1 is 1.75 bits per heavy atom. The number of hydrogen-bond donors (Lipinski definition) is 0. The third kappa shape index (κ3) is 1.96. The lowest BCUT2D eigenvalue weighted by atomic mass is 10.5. The monoisotopic (exact) mass is 113 g/mol. The zero-order chi connectivity index (χ0) is 5.82. The van der Waals surface area contributed by atoms with E-state index in [0.29, 0.717) is 6.61 Å². The first-order valence-electron chi connectivity index (χ1n) is 3.09. The average molecular weight is 113 g/mol. The van der Waals surface area contributed by atoms with Crippen molar-refractivity contribution in [2.45, 2.75) is 19.8 Å². The molecule has 1 fully saturated rings. The van der Waals surface area contributed by atoms with Gasteiger partial charge in [0.2, 0.25) is 0 Å². The highest BCUT2D eigenvalue weighted by Gasteiger charge is 2.18. The smallest absolute Gasteiger partial charge is 0.114 e. The van der Waals surface area contributed by atoms with Gasteiger partial charge in [0.25, 0.3) is 0 Å². The molecule has 0 aromatic heterocycles. The topological polar surface area (TPSA) is 21.6 Å². The van der Waals surface area contributed by atoms with E-state index in [1.165, 1.54) is 12.8 Å². The van der Waals surface area contributed by atoms with Crippen molar-refractivity contribution in [1.29, 1.82) is 0 Å². The fraction of sp³-hybridized carbons (Fsp3) is 0.833. The molecule has 2 nitrogen and oxygen atoms in total. The van der Waals surface area contributed by atoms with Crippen molar-refractivity contribution in [1.82, 2.24) is 0 Å². The van der Waals surface area contributed by atoms with Gasteiger partial charge in [-0.1, -0.05) is 5.16 Å². The van der Waals surface area contributed by atoms with E-state index in [-0.39, 0.29) is 0 Å². The molecule has 46 valence electrons. The summed E-state index contributed by atoms with van der Waals surface area (Å²) >= 11 is 0. The molecule has 0 radical (unpaired) electrons. The lowest BCUT2D eigenvalue weighted by Gasteiger charge is -1.87. The molecule has 0 bridgehead atoms. The fourth-order valence-corrected chi connectivity index (χ4v) is 0.449. The summed E-state index contributed by atoms with van der Waals surface area (Å²) < 4.78 is 0. The first-order chi connectivity index (χ1) is 3.93. The van der Waals surface area contributed by atoms with Crippen LogP contribution in [0.15, 0.2) is 5.16 Å². The number of oxime groups is 1. The Morgan fingerprint density at radius 2 is 2.50 bits per heavy atom. The summed E-state index contributed by atoms with van der Waals surface area (Å²) in [6.45, 7) is 2.62. The summed E-state index contributed by atoms with van der Waals surface area (Å²) in [7, 11) is 0. The largest absolute Gasteiger partial charge is 0.396 e. The summed E-state index contributed by atoms with van der Waals surface area (Å²) in [4.78, 5) is 4.75. The Hall–Kier alpha value is -0.530. The zero-order valence-corrected chi connectivity index (χ0v) is 5.13. The fourth-order valence-electron chi connectivity index (χ4n) is 0.449. The minimum absolute atomic E-state index is 0.684. The summed E-state index contributed by atoms with van der Waals surface area (Å²) in [6.07, 6.45) is 4.50. The van der Waals surface area contributed by atoms with E-state index >= 15 is 0 Å². The highest BCUT2D eigenvalue weighted by molar-refractivity contribution is 5.62. The third-order valence-electron chi connectivity index (χ3n) is 1.10. The van der Waals surface area contributed by atoms with Crippen molar-refractivity contribution in [3.8, 4) is 0 Å².